The number of amides is 2. The zero-order valence-electron chi connectivity index (χ0n) is 25.4. The summed E-state index contributed by atoms with van der Waals surface area (Å²) in [4.78, 5) is 44.2. The molecule has 0 bridgehead atoms. The van der Waals surface area contributed by atoms with Gasteiger partial charge in [0.2, 0.25) is 0 Å². The molecule has 2 aromatic heterocycles. The van der Waals surface area contributed by atoms with Crippen molar-refractivity contribution in [2.24, 2.45) is 0 Å². The highest BCUT2D eigenvalue weighted by molar-refractivity contribution is 5.83. The van der Waals surface area contributed by atoms with Crippen LogP contribution < -0.4 is 20.1 Å². The first-order valence-corrected chi connectivity index (χ1v) is 14.4. The van der Waals surface area contributed by atoms with Gasteiger partial charge in [-0.15, -0.1) is 0 Å². The number of aromatic nitrogens is 4. The summed E-state index contributed by atoms with van der Waals surface area (Å²) in [5.41, 5.74) is 5.07. The highest BCUT2D eigenvalue weighted by Gasteiger charge is 2.11. The molecule has 4 N–H and O–H groups in total. The Morgan fingerprint density at radius 3 is 1.45 bits per heavy atom. The molecule has 5 rings (SSSR count). The van der Waals surface area contributed by atoms with E-state index in [2.05, 4.69) is 20.6 Å². The quantitative estimate of drug-likeness (QED) is 0.153. The first-order valence-electron chi connectivity index (χ1n) is 14.4. The number of H-pyrrole nitrogens is 2. The van der Waals surface area contributed by atoms with Crippen LogP contribution in [-0.2, 0) is 9.59 Å². The van der Waals surface area contributed by atoms with Gasteiger partial charge in [0.15, 0.2) is 13.2 Å². The Kier molecular flexibility index (Phi) is 9.72. The molecule has 12 heteroatoms. The SMILES string of the molecule is CN(C)CCNC(=O)COc1ccc2nc(-c3ccc(-c4nc5ccc(OCC(=O)NCCN(C)C)cc5[nH]4)cc3)[nH]c2c1. The molecule has 0 aliphatic rings. The number of benzene rings is 3. The largest absolute Gasteiger partial charge is 0.484 e. The van der Waals surface area contributed by atoms with Crippen LogP contribution in [0.15, 0.2) is 60.7 Å². The van der Waals surface area contributed by atoms with Crippen LogP contribution in [0.4, 0.5) is 0 Å². The summed E-state index contributed by atoms with van der Waals surface area (Å²) in [5.74, 6) is 2.31. The maximum absolute atomic E-state index is 12.0. The summed E-state index contributed by atoms with van der Waals surface area (Å²) >= 11 is 0. The highest BCUT2D eigenvalue weighted by Crippen LogP contribution is 2.28. The second-order valence-corrected chi connectivity index (χ2v) is 11.0. The number of aromatic amines is 2. The van der Waals surface area contributed by atoms with E-state index in [1.807, 2.05) is 98.7 Å². The first-order chi connectivity index (χ1) is 21.2. The van der Waals surface area contributed by atoms with Crippen LogP contribution in [-0.4, -0.2) is 109 Å². The Morgan fingerprint density at radius 2 is 1.07 bits per heavy atom. The van der Waals surface area contributed by atoms with E-state index in [1.54, 1.807) is 0 Å². The number of carbonyl (C=O) groups is 2. The maximum atomic E-state index is 12.0. The lowest BCUT2D eigenvalue weighted by Gasteiger charge is -2.11. The second kappa shape index (κ2) is 14.0. The number of fused-ring (bicyclic) bond motifs is 2. The summed E-state index contributed by atoms with van der Waals surface area (Å²) in [6.45, 7) is 2.58. The molecule has 0 aliphatic carbocycles. The molecule has 2 heterocycles. The summed E-state index contributed by atoms with van der Waals surface area (Å²) in [6.07, 6.45) is 0. The van der Waals surface area contributed by atoms with E-state index < -0.39 is 0 Å². The van der Waals surface area contributed by atoms with Crippen molar-refractivity contribution in [3.63, 3.8) is 0 Å². The lowest BCUT2D eigenvalue weighted by atomic mass is 10.1. The molecule has 0 saturated heterocycles. The van der Waals surface area contributed by atoms with Crippen LogP contribution in [0.25, 0.3) is 44.8 Å². The second-order valence-electron chi connectivity index (χ2n) is 11.0. The lowest BCUT2D eigenvalue weighted by molar-refractivity contribution is -0.123. The van der Waals surface area contributed by atoms with E-state index in [4.69, 9.17) is 19.4 Å². The summed E-state index contributed by atoms with van der Waals surface area (Å²) in [6, 6.07) is 19.0. The molecule has 2 amide bonds. The number of imidazole rings is 2. The van der Waals surface area contributed by atoms with Crippen molar-refractivity contribution < 1.29 is 19.1 Å². The highest BCUT2D eigenvalue weighted by atomic mass is 16.5. The molecule has 0 radical (unpaired) electrons. The van der Waals surface area contributed by atoms with Crippen molar-refractivity contribution in [1.82, 2.24) is 40.4 Å². The van der Waals surface area contributed by atoms with Crippen LogP contribution in [0.1, 0.15) is 0 Å². The van der Waals surface area contributed by atoms with Gasteiger partial charge < -0.3 is 39.9 Å². The number of ether oxygens (including phenoxy) is 2. The fourth-order valence-corrected chi connectivity index (χ4v) is 4.45. The Labute approximate surface area is 255 Å². The fraction of sp³-hybridized carbons (Fsp3) is 0.312. The number of rotatable bonds is 14. The van der Waals surface area contributed by atoms with Gasteiger partial charge in [0, 0.05) is 49.4 Å². The van der Waals surface area contributed by atoms with Gasteiger partial charge in [-0.25, -0.2) is 9.97 Å². The minimum atomic E-state index is -0.161. The average molecular weight is 599 g/mol. The molecule has 0 saturated carbocycles. The van der Waals surface area contributed by atoms with Crippen LogP contribution >= 0.6 is 0 Å². The summed E-state index contributed by atoms with van der Waals surface area (Å²) in [5, 5.41) is 5.68. The number of likely N-dealkylation sites (N-methyl/N-ethyl adjacent to an activating group) is 2. The van der Waals surface area contributed by atoms with Crippen LogP contribution in [0.2, 0.25) is 0 Å². The molecule has 5 aromatic rings. The van der Waals surface area contributed by atoms with Crippen molar-refractivity contribution in [2.75, 3.05) is 67.6 Å². The van der Waals surface area contributed by atoms with Crippen LogP contribution in [0.3, 0.4) is 0 Å². The maximum Gasteiger partial charge on any atom is 0.257 e. The molecule has 0 spiro atoms. The standard InChI is InChI=1S/C32H38N8O4/c1-39(2)15-13-33-29(41)19-43-23-9-11-25-27(17-23)37-31(35-25)21-5-7-22(8-6-21)32-36-26-12-10-24(18-28(26)38-32)44-20-30(42)34-14-16-40(3)4/h5-12,17-18H,13-16,19-20H2,1-4H3,(H,33,41)(H,34,42)(H,35,37)(H,36,38). The number of carbonyl (C=O) groups excluding carboxylic acids is 2. The molecule has 44 heavy (non-hydrogen) atoms. The number of hydrogen-bond donors (Lipinski definition) is 4. The van der Waals surface area contributed by atoms with E-state index >= 15 is 0 Å². The van der Waals surface area contributed by atoms with E-state index in [9.17, 15) is 9.59 Å². The van der Waals surface area contributed by atoms with Crippen molar-refractivity contribution in [1.29, 1.82) is 0 Å². The van der Waals surface area contributed by atoms with Gasteiger partial charge in [-0.05, 0) is 52.5 Å². The zero-order valence-corrected chi connectivity index (χ0v) is 25.4. The van der Waals surface area contributed by atoms with Crippen molar-refractivity contribution in [2.45, 2.75) is 0 Å². The van der Waals surface area contributed by atoms with Crippen molar-refractivity contribution in [3.8, 4) is 34.3 Å². The van der Waals surface area contributed by atoms with E-state index in [0.717, 1.165) is 57.9 Å². The fourth-order valence-electron chi connectivity index (χ4n) is 4.45. The van der Waals surface area contributed by atoms with Crippen molar-refractivity contribution >= 4 is 33.9 Å². The lowest BCUT2D eigenvalue weighted by Crippen LogP contribution is -2.34. The third kappa shape index (κ3) is 8.12. The van der Waals surface area contributed by atoms with Gasteiger partial charge in [-0.2, -0.15) is 0 Å². The Morgan fingerprint density at radius 1 is 0.659 bits per heavy atom. The third-order valence-electron chi connectivity index (χ3n) is 6.84. The minimum Gasteiger partial charge on any atom is -0.484 e. The smallest absolute Gasteiger partial charge is 0.257 e. The predicted octanol–water partition coefficient (Wildman–Crippen LogP) is 2.89. The van der Waals surface area contributed by atoms with Gasteiger partial charge >= 0.3 is 0 Å². The average Bonchev–Trinajstić information content (AvgIpc) is 3.62. The Balaban J connectivity index is 1.19. The predicted molar refractivity (Wildman–Crippen MR) is 171 cm³/mol. The monoisotopic (exact) mass is 598 g/mol. The molecule has 12 nitrogen and oxygen atoms in total. The molecular formula is C32H38N8O4. The van der Waals surface area contributed by atoms with Gasteiger partial charge in [-0.3, -0.25) is 9.59 Å². The molecule has 0 unspecified atom stereocenters. The minimum absolute atomic E-state index is 0.0496. The topological polar surface area (TPSA) is 140 Å². The third-order valence-corrected chi connectivity index (χ3v) is 6.84. The van der Waals surface area contributed by atoms with Crippen molar-refractivity contribution in [3.05, 3.63) is 60.7 Å². The normalized spacial score (nSPS) is 11.4. The Hall–Kier alpha value is -4.94. The Bertz CT molecular complexity index is 1600. The van der Waals surface area contributed by atoms with Crippen LogP contribution in [0.5, 0.6) is 11.5 Å². The van der Waals surface area contributed by atoms with Gasteiger partial charge in [-0.1, -0.05) is 24.3 Å². The number of nitrogens with one attached hydrogen (secondary N) is 4. The molecule has 3 aromatic carbocycles. The summed E-state index contributed by atoms with van der Waals surface area (Å²) < 4.78 is 11.4. The van der Waals surface area contributed by atoms with Gasteiger partial charge in [0.25, 0.3) is 11.8 Å². The molecule has 0 aliphatic heterocycles. The first kappa shape index (κ1) is 30.5. The van der Waals surface area contributed by atoms with E-state index in [0.29, 0.717) is 24.6 Å². The van der Waals surface area contributed by atoms with Crippen LogP contribution in [0, 0.1) is 0 Å². The van der Waals surface area contributed by atoms with Gasteiger partial charge in [0.05, 0.1) is 22.1 Å². The van der Waals surface area contributed by atoms with E-state index in [1.165, 1.54) is 0 Å². The zero-order chi connectivity index (χ0) is 31.1. The molecule has 0 atom stereocenters. The number of nitrogens with zero attached hydrogens (tertiary/aromatic N) is 4. The summed E-state index contributed by atoms with van der Waals surface area (Å²) in [7, 11) is 7.83. The number of hydrogen-bond acceptors (Lipinski definition) is 8. The van der Waals surface area contributed by atoms with Gasteiger partial charge in [0.1, 0.15) is 23.1 Å². The van der Waals surface area contributed by atoms with E-state index in [-0.39, 0.29) is 25.0 Å². The molecular weight excluding hydrogens is 560 g/mol. The molecule has 0 fully saturated rings. The molecule has 230 valence electrons.